The zero-order valence-corrected chi connectivity index (χ0v) is 11.2. The minimum atomic E-state index is 0.0227. The zero-order valence-electron chi connectivity index (χ0n) is 8.90. The molecule has 0 aliphatic carbocycles. The minimum absolute atomic E-state index is 0.0227. The van der Waals surface area contributed by atoms with E-state index in [1.54, 1.807) is 12.1 Å². The predicted molar refractivity (Wildman–Crippen MR) is 71.7 cm³/mol. The summed E-state index contributed by atoms with van der Waals surface area (Å²) in [6.45, 7) is 2.00. The lowest BCUT2D eigenvalue weighted by atomic mass is 10.3. The van der Waals surface area contributed by atoms with Crippen LogP contribution in [-0.2, 0) is 4.79 Å². The first-order valence-electron chi connectivity index (χ1n) is 4.52. The molecule has 18 heavy (non-hydrogen) atoms. The van der Waals surface area contributed by atoms with E-state index in [9.17, 15) is 0 Å². The molecule has 1 aromatic carbocycles. The Morgan fingerprint density at radius 3 is 2.06 bits per heavy atom. The standard InChI is InChI=1S/C9H5Cl3N4.CH2O/c10-5-3-1-2-4-6(5)13-9-15-7(11)14-8(12)16-9;1-2/h1-4H,(H,13,14,15,16);1H2. The van der Waals surface area contributed by atoms with E-state index in [-0.39, 0.29) is 16.5 Å². The maximum absolute atomic E-state index is 8.00. The summed E-state index contributed by atoms with van der Waals surface area (Å²) in [5.41, 5.74) is 0.669. The van der Waals surface area contributed by atoms with Gasteiger partial charge in [0, 0.05) is 0 Å². The van der Waals surface area contributed by atoms with Crippen LogP contribution in [-0.4, -0.2) is 21.7 Å². The van der Waals surface area contributed by atoms with Crippen molar-refractivity contribution in [2.75, 3.05) is 5.32 Å². The van der Waals surface area contributed by atoms with Gasteiger partial charge in [-0.25, -0.2) is 0 Å². The Morgan fingerprint density at radius 2 is 1.50 bits per heavy atom. The van der Waals surface area contributed by atoms with E-state index >= 15 is 0 Å². The lowest BCUT2D eigenvalue weighted by Crippen LogP contribution is -1.99. The van der Waals surface area contributed by atoms with Crippen molar-refractivity contribution in [2.24, 2.45) is 0 Å². The van der Waals surface area contributed by atoms with Crippen molar-refractivity contribution in [1.29, 1.82) is 0 Å². The molecule has 0 spiro atoms. The molecule has 94 valence electrons. The van der Waals surface area contributed by atoms with Crippen molar-refractivity contribution in [1.82, 2.24) is 15.0 Å². The summed E-state index contributed by atoms with van der Waals surface area (Å²) in [5.74, 6) is 0.248. The molecule has 0 unspecified atom stereocenters. The van der Waals surface area contributed by atoms with E-state index in [2.05, 4.69) is 20.3 Å². The lowest BCUT2D eigenvalue weighted by Gasteiger charge is -2.06. The smallest absolute Gasteiger partial charge is 0.232 e. The molecule has 2 aromatic rings. The quantitative estimate of drug-likeness (QED) is 0.921. The van der Waals surface area contributed by atoms with Gasteiger partial charge in [-0.2, -0.15) is 15.0 Å². The third-order valence-electron chi connectivity index (χ3n) is 1.70. The van der Waals surface area contributed by atoms with E-state index in [0.717, 1.165) is 0 Å². The normalized spacial score (nSPS) is 9.28. The third kappa shape index (κ3) is 4.10. The van der Waals surface area contributed by atoms with Crippen molar-refractivity contribution >= 4 is 53.2 Å². The molecule has 1 aromatic heterocycles. The van der Waals surface area contributed by atoms with Crippen LogP contribution in [0.3, 0.4) is 0 Å². The number of anilines is 2. The largest absolute Gasteiger partial charge is 0.323 e. The van der Waals surface area contributed by atoms with Gasteiger partial charge in [-0.05, 0) is 35.3 Å². The SMILES string of the molecule is C=O.Clc1nc(Cl)nc(Nc2ccccc2Cl)n1. The Bertz CT molecular complexity index is 518. The maximum Gasteiger partial charge on any atom is 0.232 e. The van der Waals surface area contributed by atoms with Crippen LogP contribution < -0.4 is 5.32 Å². The van der Waals surface area contributed by atoms with Crippen molar-refractivity contribution in [3.05, 3.63) is 39.9 Å². The Balaban J connectivity index is 0.000000771. The average molecular weight is 306 g/mol. The van der Waals surface area contributed by atoms with Gasteiger partial charge in [0.05, 0.1) is 10.7 Å². The molecule has 8 heteroatoms. The van der Waals surface area contributed by atoms with Crippen LogP contribution >= 0.6 is 34.8 Å². The fourth-order valence-corrected chi connectivity index (χ4v) is 1.61. The molecule has 1 N–H and O–H groups in total. The van der Waals surface area contributed by atoms with Gasteiger partial charge in [0.2, 0.25) is 16.5 Å². The topological polar surface area (TPSA) is 67.8 Å². The predicted octanol–water partition coefficient (Wildman–Crippen LogP) is 3.39. The number of carbonyl (C=O) groups is 1. The van der Waals surface area contributed by atoms with Gasteiger partial charge >= 0.3 is 0 Å². The van der Waals surface area contributed by atoms with Crippen molar-refractivity contribution in [2.45, 2.75) is 0 Å². The van der Waals surface area contributed by atoms with Gasteiger partial charge in [-0.1, -0.05) is 23.7 Å². The Kier molecular flexibility index (Phi) is 5.77. The van der Waals surface area contributed by atoms with Crippen molar-refractivity contribution in [3.63, 3.8) is 0 Å². The van der Waals surface area contributed by atoms with Crippen LogP contribution in [0, 0.1) is 0 Å². The number of hydrogen-bond acceptors (Lipinski definition) is 5. The van der Waals surface area contributed by atoms with Gasteiger partial charge in [-0.15, -0.1) is 0 Å². The molecule has 0 saturated carbocycles. The summed E-state index contributed by atoms with van der Waals surface area (Å²) in [4.78, 5) is 19.4. The molecule has 1 heterocycles. The molecule has 0 saturated heterocycles. The number of aromatic nitrogens is 3. The van der Waals surface area contributed by atoms with Crippen LogP contribution in [0.25, 0.3) is 0 Å². The number of carbonyl (C=O) groups excluding carboxylic acids is 1. The lowest BCUT2D eigenvalue weighted by molar-refractivity contribution is -0.0979. The van der Waals surface area contributed by atoms with Gasteiger partial charge in [0.25, 0.3) is 0 Å². The summed E-state index contributed by atoms with van der Waals surface area (Å²) in [7, 11) is 0. The third-order valence-corrected chi connectivity index (χ3v) is 2.37. The first kappa shape index (κ1) is 14.6. The highest BCUT2D eigenvalue weighted by Gasteiger charge is 2.05. The minimum Gasteiger partial charge on any atom is -0.323 e. The van der Waals surface area contributed by atoms with E-state index in [1.807, 2.05) is 18.9 Å². The van der Waals surface area contributed by atoms with Crippen LogP contribution in [0.1, 0.15) is 0 Å². The number of rotatable bonds is 2. The number of hydrogen-bond donors (Lipinski definition) is 1. The van der Waals surface area contributed by atoms with Crippen molar-refractivity contribution < 1.29 is 4.79 Å². The van der Waals surface area contributed by atoms with Crippen LogP contribution in [0.4, 0.5) is 11.6 Å². The average Bonchev–Trinajstić information content (AvgIpc) is 2.33. The van der Waals surface area contributed by atoms with Crippen LogP contribution in [0.15, 0.2) is 24.3 Å². The Hall–Kier alpha value is -1.43. The monoisotopic (exact) mass is 304 g/mol. The van der Waals surface area contributed by atoms with E-state index in [1.165, 1.54) is 0 Å². The highest BCUT2D eigenvalue weighted by Crippen LogP contribution is 2.23. The maximum atomic E-state index is 8.00. The second kappa shape index (κ2) is 7.10. The molecule has 0 amide bonds. The van der Waals surface area contributed by atoms with Crippen LogP contribution in [0.5, 0.6) is 0 Å². The molecule has 0 atom stereocenters. The summed E-state index contributed by atoms with van der Waals surface area (Å²) in [5, 5.41) is 3.49. The highest BCUT2D eigenvalue weighted by atomic mass is 35.5. The highest BCUT2D eigenvalue weighted by molar-refractivity contribution is 6.33. The number of nitrogens with zero attached hydrogens (tertiary/aromatic N) is 3. The van der Waals surface area contributed by atoms with E-state index in [0.29, 0.717) is 10.7 Å². The van der Waals surface area contributed by atoms with Crippen LogP contribution in [0.2, 0.25) is 15.6 Å². The van der Waals surface area contributed by atoms with Gasteiger partial charge in [-0.3, -0.25) is 0 Å². The summed E-state index contributed by atoms with van der Waals surface area (Å²) >= 11 is 17.2. The van der Waals surface area contributed by atoms with E-state index in [4.69, 9.17) is 39.6 Å². The number of halogens is 3. The second-order valence-corrected chi connectivity index (χ2v) is 3.89. The molecular formula is C10H7Cl3N4O. The van der Waals surface area contributed by atoms with Gasteiger partial charge in [0.1, 0.15) is 6.79 Å². The Morgan fingerprint density at radius 1 is 0.944 bits per heavy atom. The zero-order chi connectivity index (χ0) is 13.5. The second-order valence-electron chi connectivity index (χ2n) is 2.80. The number of benzene rings is 1. The van der Waals surface area contributed by atoms with Crippen molar-refractivity contribution in [3.8, 4) is 0 Å². The molecule has 0 aliphatic rings. The molecular weight excluding hydrogens is 298 g/mol. The number of para-hydroxylation sites is 1. The fraction of sp³-hybridized carbons (Fsp3) is 0. The van der Waals surface area contributed by atoms with Gasteiger partial charge in [0.15, 0.2) is 0 Å². The molecule has 0 bridgehead atoms. The molecule has 0 fully saturated rings. The molecule has 2 rings (SSSR count). The molecule has 0 radical (unpaired) electrons. The molecule has 0 aliphatic heterocycles. The Labute approximate surface area is 118 Å². The first-order valence-corrected chi connectivity index (χ1v) is 5.66. The van der Waals surface area contributed by atoms with Gasteiger partial charge < -0.3 is 10.1 Å². The first-order chi connectivity index (χ1) is 8.65. The molecule has 5 nitrogen and oxygen atoms in total. The number of nitrogens with one attached hydrogen (secondary N) is 1. The summed E-state index contributed by atoms with van der Waals surface area (Å²) in [6.07, 6.45) is 0. The fourth-order valence-electron chi connectivity index (χ4n) is 1.06. The summed E-state index contributed by atoms with van der Waals surface area (Å²) in [6, 6.07) is 7.18. The summed E-state index contributed by atoms with van der Waals surface area (Å²) < 4.78 is 0. The van der Waals surface area contributed by atoms with E-state index < -0.39 is 0 Å².